The normalized spacial score (nSPS) is 17.4. The molecule has 0 bridgehead atoms. The summed E-state index contributed by atoms with van der Waals surface area (Å²) in [7, 11) is 4.22. The highest BCUT2D eigenvalue weighted by molar-refractivity contribution is 5.88. The minimum absolute atomic E-state index is 0.169. The molecule has 0 aliphatic carbocycles. The van der Waals surface area contributed by atoms with Crippen molar-refractivity contribution in [2.45, 2.75) is 24.9 Å². The van der Waals surface area contributed by atoms with Crippen molar-refractivity contribution in [1.29, 1.82) is 0 Å². The number of carbonyl (C=O) groups is 2. The predicted molar refractivity (Wildman–Crippen MR) is 125 cm³/mol. The molecule has 11 heteroatoms. The number of pyridine rings is 1. The van der Waals surface area contributed by atoms with Crippen LogP contribution < -0.4 is 15.4 Å². The largest absolute Gasteiger partial charge is 0.465 e. The number of piperidine rings is 1. The Labute approximate surface area is 197 Å². The maximum absolute atomic E-state index is 14.0. The van der Waals surface area contributed by atoms with Crippen molar-refractivity contribution in [3.8, 4) is 11.5 Å². The summed E-state index contributed by atoms with van der Waals surface area (Å²) in [6.07, 6.45) is 2.02. The third-order valence-corrected chi connectivity index (χ3v) is 6.27. The number of urea groups is 1. The van der Waals surface area contributed by atoms with Gasteiger partial charge in [0.05, 0.1) is 5.69 Å². The molecule has 0 saturated carbocycles. The van der Waals surface area contributed by atoms with Crippen molar-refractivity contribution in [3.05, 3.63) is 42.3 Å². The lowest BCUT2D eigenvalue weighted by molar-refractivity contribution is 0.00755. The lowest BCUT2D eigenvalue weighted by Gasteiger charge is -2.49. The summed E-state index contributed by atoms with van der Waals surface area (Å²) in [4.78, 5) is 34.1. The van der Waals surface area contributed by atoms with Gasteiger partial charge in [-0.25, -0.2) is 19.0 Å². The fraction of sp³-hybridized carbons (Fsp3) is 0.435. The van der Waals surface area contributed by atoms with Gasteiger partial charge in [0.25, 0.3) is 0 Å². The molecule has 0 unspecified atom stereocenters. The maximum Gasteiger partial charge on any atom is 0.409 e. The first-order chi connectivity index (χ1) is 16.3. The maximum atomic E-state index is 14.0. The van der Waals surface area contributed by atoms with Gasteiger partial charge in [-0.15, -0.1) is 0 Å². The van der Waals surface area contributed by atoms with Crippen LogP contribution in [0.15, 0.2) is 36.5 Å². The first-order valence-corrected chi connectivity index (χ1v) is 11.2. The van der Waals surface area contributed by atoms with E-state index in [1.54, 1.807) is 17.0 Å². The predicted octanol–water partition coefficient (Wildman–Crippen LogP) is 3.35. The molecule has 3 heterocycles. The van der Waals surface area contributed by atoms with Gasteiger partial charge in [0.1, 0.15) is 17.3 Å². The van der Waals surface area contributed by atoms with Gasteiger partial charge in [-0.3, -0.25) is 15.5 Å². The van der Waals surface area contributed by atoms with Gasteiger partial charge < -0.3 is 19.6 Å². The molecular formula is C23H29FN6O4. The number of nitrogens with zero attached hydrogens (tertiary/aromatic N) is 4. The molecule has 1 aromatic heterocycles. The van der Waals surface area contributed by atoms with E-state index in [1.165, 1.54) is 18.3 Å². The first kappa shape index (κ1) is 23.7. The average Bonchev–Trinajstić information content (AvgIpc) is 2.75. The third kappa shape index (κ3) is 5.72. The number of benzene rings is 1. The number of carboxylic acid groups (broad SMARTS) is 1. The molecule has 4 rings (SSSR count). The second kappa shape index (κ2) is 10.2. The molecular weight excluding hydrogens is 443 g/mol. The molecule has 1 aromatic carbocycles. The molecule has 2 aliphatic heterocycles. The van der Waals surface area contributed by atoms with Crippen LogP contribution in [0.2, 0.25) is 0 Å². The number of amides is 3. The summed E-state index contributed by atoms with van der Waals surface area (Å²) < 4.78 is 19.7. The van der Waals surface area contributed by atoms with Crippen molar-refractivity contribution in [1.82, 2.24) is 19.7 Å². The van der Waals surface area contributed by atoms with Crippen molar-refractivity contribution in [2.75, 3.05) is 50.9 Å². The molecule has 2 saturated heterocycles. The lowest BCUT2D eigenvalue weighted by atomic mass is 9.97. The van der Waals surface area contributed by atoms with Crippen molar-refractivity contribution >= 4 is 23.6 Å². The summed E-state index contributed by atoms with van der Waals surface area (Å²) in [5, 5.41) is 13.5. The Bertz CT molecular complexity index is 1040. The number of carbonyl (C=O) groups excluding carboxylic acids is 1. The second-order valence-electron chi connectivity index (χ2n) is 8.77. The molecule has 3 N–H and O–H groups in total. The zero-order valence-corrected chi connectivity index (χ0v) is 19.2. The topological polar surface area (TPSA) is 110 Å². The van der Waals surface area contributed by atoms with Gasteiger partial charge in [0.15, 0.2) is 5.82 Å². The Morgan fingerprint density at radius 2 is 1.82 bits per heavy atom. The highest BCUT2D eigenvalue weighted by Gasteiger charge is 2.35. The zero-order valence-electron chi connectivity index (χ0n) is 19.2. The molecule has 3 amide bonds. The van der Waals surface area contributed by atoms with E-state index in [1.807, 2.05) is 5.32 Å². The third-order valence-electron chi connectivity index (χ3n) is 6.27. The standard InChI is InChI=1S/C23H29FN6O4/c1-28(2)16-13-30(14-16)15-6-9-29(10-7-15)22(31)27-21-12-18(5-8-25-21)34-17-3-4-20(19(24)11-17)26-23(32)33/h3-5,8,11-12,15-16,26H,6-7,9-10,13-14H2,1-2H3,(H,32,33)(H,25,27,31). The van der Waals surface area contributed by atoms with Gasteiger partial charge >= 0.3 is 12.1 Å². The Balaban J connectivity index is 1.28. The second-order valence-corrected chi connectivity index (χ2v) is 8.77. The SMILES string of the molecule is CN(C)C1CN(C2CCN(C(=O)Nc3cc(Oc4ccc(NC(=O)O)c(F)c4)ccn3)CC2)C1. The van der Waals surface area contributed by atoms with E-state index in [9.17, 15) is 14.0 Å². The molecule has 2 aliphatic rings. The molecule has 34 heavy (non-hydrogen) atoms. The minimum atomic E-state index is -1.36. The van der Waals surface area contributed by atoms with E-state index >= 15 is 0 Å². The number of nitrogens with one attached hydrogen (secondary N) is 2. The summed E-state index contributed by atoms with van der Waals surface area (Å²) in [5.74, 6) is 0.101. The van der Waals surface area contributed by atoms with Gasteiger partial charge in [-0.1, -0.05) is 0 Å². The van der Waals surface area contributed by atoms with Crippen LogP contribution in [0.1, 0.15) is 12.8 Å². The molecule has 0 radical (unpaired) electrons. The van der Waals surface area contributed by atoms with Gasteiger partial charge in [0.2, 0.25) is 0 Å². The van der Waals surface area contributed by atoms with Crippen LogP contribution in [0.25, 0.3) is 0 Å². The van der Waals surface area contributed by atoms with Crippen LogP contribution in [0, 0.1) is 5.82 Å². The number of likely N-dealkylation sites (N-methyl/N-ethyl adjacent to an activating group) is 1. The average molecular weight is 473 g/mol. The number of rotatable bonds is 6. The molecule has 2 fully saturated rings. The van der Waals surface area contributed by atoms with Crippen LogP contribution in [-0.4, -0.2) is 89.3 Å². The van der Waals surface area contributed by atoms with Crippen molar-refractivity contribution < 1.29 is 23.8 Å². The van der Waals surface area contributed by atoms with Gasteiger partial charge in [-0.05, 0) is 45.1 Å². The van der Waals surface area contributed by atoms with Gasteiger partial charge in [-0.2, -0.15) is 0 Å². The van der Waals surface area contributed by atoms with E-state index < -0.39 is 11.9 Å². The van der Waals surface area contributed by atoms with Crippen LogP contribution in [0.5, 0.6) is 11.5 Å². The Kier molecular flexibility index (Phi) is 7.13. The smallest absolute Gasteiger partial charge is 0.409 e. The summed E-state index contributed by atoms with van der Waals surface area (Å²) in [5.41, 5.74) is -0.169. The fourth-order valence-corrected chi connectivity index (χ4v) is 4.19. The number of likely N-dealkylation sites (tertiary alicyclic amines) is 2. The minimum Gasteiger partial charge on any atom is -0.465 e. The van der Waals surface area contributed by atoms with E-state index in [0.29, 0.717) is 36.7 Å². The van der Waals surface area contributed by atoms with Gasteiger partial charge in [0, 0.05) is 56.6 Å². The summed E-state index contributed by atoms with van der Waals surface area (Å²) >= 11 is 0. The molecule has 0 atom stereocenters. The first-order valence-electron chi connectivity index (χ1n) is 11.2. The summed E-state index contributed by atoms with van der Waals surface area (Å²) in [6.45, 7) is 3.55. The number of ether oxygens (including phenoxy) is 1. The fourth-order valence-electron chi connectivity index (χ4n) is 4.19. The van der Waals surface area contributed by atoms with Crippen LogP contribution in [-0.2, 0) is 0 Å². The highest BCUT2D eigenvalue weighted by atomic mass is 19.1. The number of halogens is 1. The molecule has 2 aromatic rings. The Morgan fingerprint density at radius 1 is 1.12 bits per heavy atom. The van der Waals surface area contributed by atoms with E-state index in [-0.39, 0.29) is 17.5 Å². The monoisotopic (exact) mass is 472 g/mol. The Morgan fingerprint density at radius 3 is 2.47 bits per heavy atom. The number of aromatic nitrogens is 1. The number of hydrogen-bond donors (Lipinski definition) is 3. The van der Waals surface area contributed by atoms with Crippen LogP contribution in [0.4, 0.5) is 25.5 Å². The van der Waals surface area contributed by atoms with E-state index in [0.717, 1.165) is 32.0 Å². The van der Waals surface area contributed by atoms with Crippen LogP contribution >= 0.6 is 0 Å². The number of hydrogen-bond acceptors (Lipinski definition) is 6. The number of anilines is 2. The Hall–Kier alpha value is -3.44. The molecule has 10 nitrogen and oxygen atoms in total. The van der Waals surface area contributed by atoms with Crippen molar-refractivity contribution in [2.24, 2.45) is 0 Å². The van der Waals surface area contributed by atoms with Crippen molar-refractivity contribution in [3.63, 3.8) is 0 Å². The molecule has 182 valence electrons. The molecule has 0 spiro atoms. The highest BCUT2D eigenvalue weighted by Crippen LogP contribution is 2.27. The van der Waals surface area contributed by atoms with E-state index in [2.05, 4.69) is 34.2 Å². The zero-order chi connectivity index (χ0) is 24.2. The quantitative estimate of drug-likeness (QED) is 0.591. The summed E-state index contributed by atoms with van der Waals surface area (Å²) in [6, 6.07) is 7.85. The van der Waals surface area contributed by atoms with Crippen LogP contribution in [0.3, 0.4) is 0 Å². The van der Waals surface area contributed by atoms with E-state index in [4.69, 9.17) is 9.84 Å². The lowest BCUT2D eigenvalue weighted by Crippen LogP contribution is -2.62.